The van der Waals surface area contributed by atoms with E-state index in [9.17, 15) is 4.39 Å². The minimum atomic E-state index is -0.425. The van der Waals surface area contributed by atoms with Crippen LogP contribution >= 0.6 is 40.5 Å². The van der Waals surface area contributed by atoms with Crippen molar-refractivity contribution in [1.82, 2.24) is 4.90 Å². The van der Waals surface area contributed by atoms with E-state index < -0.39 is 6.67 Å². The van der Waals surface area contributed by atoms with Crippen molar-refractivity contribution in [1.29, 1.82) is 0 Å². The van der Waals surface area contributed by atoms with Gasteiger partial charge in [0.25, 0.3) is 0 Å². The Morgan fingerprint density at radius 2 is 1.87 bits per heavy atom. The van der Waals surface area contributed by atoms with Crippen LogP contribution in [0.2, 0.25) is 0 Å². The van der Waals surface area contributed by atoms with Crippen molar-refractivity contribution in [3.8, 4) is 0 Å². The van der Waals surface area contributed by atoms with Gasteiger partial charge in [-0.2, -0.15) is 40.5 Å². The third kappa shape index (κ3) is 6.69. The second kappa shape index (κ2) is 12.9. The van der Waals surface area contributed by atoms with Gasteiger partial charge in [0.1, 0.15) is 6.67 Å². The molecule has 2 nitrogen and oxygen atoms in total. The summed E-state index contributed by atoms with van der Waals surface area (Å²) in [6.07, 6.45) is 4.87. The van der Waals surface area contributed by atoms with Crippen LogP contribution in [-0.4, -0.2) is 37.4 Å². The largest absolute Gasteiger partial charge is 0.378 e. The molecule has 1 fully saturated rings. The van der Waals surface area contributed by atoms with E-state index in [0.717, 1.165) is 38.8 Å². The van der Waals surface area contributed by atoms with Crippen LogP contribution in [0.5, 0.6) is 0 Å². The SMILES string of the molecule is C=C(C[18F])CC[C@]1(OC)C[C@H]2c3cc(C)c(C)cc3CCN2C[C@@H]1CC(C)C.S.S.S. The number of halogens is 1. The van der Waals surface area contributed by atoms with E-state index in [1.165, 1.54) is 22.3 Å². The first-order valence-corrected chi connectivity index (χ1v) is 10.9. The molecule has 2 heterocycles. The predicted molar refractivity (Wildman–Crippen MR) is 147 cm³/mol. The zero-order chi connectivity index (χ0) is 20.5. The third-order valence-electron chi connectivity index (χ3n) is 7.21. The summed E-state index contributed by atoms with van der Waals surface area (Å²) < 4.78 is 19.4. The highest BCUT2D eigenvalue weighted by Gasteiger charge is 2.48. The van der Waals surface area contributed by atoms with Gasteiger partial charge >= 0.3 is 0 Å². The predicted octanol–water partition coefficient (Wildman–Crippen LogP) is 6.30. The standard InChI is InChI=1S/C25H38FNO.3H2S/c1-17(2)11-22-16-27-10-8-21-12-19(4)20(5)13-23(21)24(27)14-25(22,28-6)9-7-18(3)15-26;;;/h12-13,17,22,24H,3,7-11,14-16H2,1-2,4-6H3;3*1H2/t22-,24-,25-;;;/m0.../s1/i26-1;;;. The molecular formula is C25H44FNOS3. The Morgan fingerprint density at radius 3 is 2.45 bits per heavy atom. The van der Waals surface area contributed by atoms with Gasteiger partial charge in [0.2, 0.25) is 0 Å². The van der Waals surface area contributed by atoms with Crippen molar-refractivity contribution >= 4 is 40.5 Å². The van der Waals surface area contributed by atoms with Gasteiger partial charge in [0.05, 0.1) is 5.60 Å². The van der Waals surface area contributed by atoms with Crippen molar-refractivity contribution in [2.24, 2.45) is 11.8 Å². The van der Waals surface area contributed by atoms with Crippen molar-refractivity contribution in [3.05, 3.63) is 46.5 Å². The van der Waals surface area contributed by atoms with Crippen LogP contribution in [0, 0.1) is 25.7 Å². The average molecular weight is 489 g/mol. The van der Waals surface area contributed by atoms with E-state index in [-0.39, 0.29) is 46.1 Å². The maximum Gasteiger partial charge on any atom is 0.110 e. The fourth-order valence-electron chi connectivity index (χ4n) is 5.41. The molecule has 31 heavy (non-hydrogen) atoms. The van der Waals surface area contributed by atoms with Crippen LogP contribution in [0.1, 0.15) is 67.8 Å². The van der Waals surface area contributed by atoms with Gasteiger partial charge in [-0.05, 0) is 79.7 Å². The number of aryl methyl sites for hydroxylation is 2. The number of rotatable bonds is 7. The quantitative estimate of drug-likeness (QED) is 0.418. The minimum absolute atomic E-state index is 0. The molecule has 3 rings (SSSR count). The smallest absolute Gasteiger partial charge is 0.110 e. The van der Waals surface area contributed by atoms with Crippen LogP contribution in [-0.2, 0) is 11.2 Å². The first-order chi connectivity index (χ1) is 13.3. The van der Waals surface area contributed by atoms with E-state index in [4.69, 9.17) is 4.74 Å². The van der Waals surface area contributed by atoms with Gasteiger partial charge in [-0.15, -0.1) is 0 Å². The highest BCUT2D eigenvalue weighted by Crippen LogP contribution is 2.48. The summed E-state index contributed by atoms with van der Waals surface area (Å²) in [5.41, 5.74) is 6.25. The van der Waals surface area contributed by atoms with Crippen molar-refractivity contribution < 1.29 is 9.13 Å². The molecule has 0 spiro atoms. The highest BCUT2D eigenvalue weighted by molar-refractivity contribution is 7.59. The van der Waals surface area contributed by atoms with Crippen molar-refractivity contribution in [2.75, 3.05) is 26.9 Å². The molecular weight excluding hydrogens is 444 g/mol. The molecule has 0 aromatic heterocycles. The monoisotopic (exact) mass is 488 g/mol. The van der Waals surface area contributed by atoms with E-state index in [2.05, 4.69) is 51.3 Å². The van der Waals surface area contributed by atoms with E-state index in [1.807, 2.05) is 7.11 Å². The zero-order valence-corrected chi connectivity index (χ0v) is 23.0. The first-order valence-electron chi connectivity index (χ1n) is 10.9. The highest BCUT2D eigenvalue weighted by atomic mass is 32.1. The Morgan fingerprint density at radius 1 is 1.23 bits per heavy atom. The van der Waals surface area contributed by atoms with Crippen LogP contribution in [0.4, 0.5) is 4.39 Å². The number of fused-ring (bicyclic) bond motifs is 3. The number of methoxy groups -OCH3 is 1. The Balaban J connectivity index is 0.00000300. The zero-order valence-electron chi connectivity index (χ0n) is 20.0. The fourth-order valence-corrected chi connectivity index (χ4v) is 5.41. The molecule has 0 unspecified atom stereocenters. The second-order valence-corrected chi connectivity index (χ2v) is 9.58. The second-order valence-electron chi connectivity index (χ2n) is 9.58. The summed E-state index contributed by atoms with van der Waals surface area (Å²) in [4.78, 5) is 2.69. The lowest BCUT2D eigenvalue weighted by molar-refractivity contribution is -0.131. The lowest BCUT2D eigenvalue weighted by atomic mass is 9.68. The molecule has 0 N–H and O–H groups in total. The summed E-state index contributed by atoms with van der Waals surface area (Å²) in [6.45, 7) is 14.7. The summed E-state index contributed by atoms with van der Waals surface area (Å²) in [5.74, 6) is 1.11. The van der Waals surface area contributed by atoms with Crippen LogP contribution in [0.3, 0.4) is 0 Å². The molecule has 0 aliphatic carbocycles. The third-order valence-corrected chi connectivity index (χ3v) is 7.21. The van der Waals surface area contributed by atoms with Crippen molar-refractivity contribution in [3.63, 3.8) is 0 Å². The number of alkyl halides is 1. The normalized spacial score (nSPS) is 24.9. The molecule has 0 amide bonds. The van der Waals surface area contributed by atoms with Gasteiger partial charge in [0, 0.05) is 32.2 Å². The number of benzene rings is 1. The molecule has 0 saturated carbocycles. The number of piperidine rings is 1. The van der Waals surface area contributed by atoms with Gasteiger partial charge in [-0.3, -0.25) is 4.90 Å². The van der Waals surface area contributed by atoms with Gasteiger partial charge in [-0.1, -0.05) is 32.6 Å². The lowest BCUT2D eigenvalue weighted by Gasteiger charge is -2.53. The summed E-state index contributed by atoms with van der Waals surface area (Å²) >= 11 is 0. The van der Waals surface area contributed by atoms with Gasteiger partial charge in [0.15, 0.2) is 0 Å². The molecule has 0 bridgehead atoms. The maximum atomic E-state index is 13.1. The molecule has 2 aliphatic rings. The van der Waals surface area contributed by atoms with E-state index in [0.29, 0.717) is 29.9 Å². The summed E-state index contributed by atoms with van der Waals surface area (Å²) in [7, 11) is 1.87. The van der Waals surface area contributed by atoms with Crippen molar-refractivity contribution in [2.45, 2.75) is 71.4 Å². The number of allylic oxidation sites excluding steroid dienone is 1. The molecule has 3 atom stereocenters. The fraction of sp³-hybridized carbons (Fsp3) is 0.680. The average Bonchev–Trinajstić information content (AvgIpc) is 2.67. The minimum Gasteiger partial charge on any atom is -0.378 e. The molecule has 2 aliphatic heterocycles. The van der Waals surface area contributed by atoms with Crippen LogP contribution in [0.25, 0.3) is 0 Å². The Kier molecular flexibility index (Phi) is 12.9. The molecule has 1 saturated heterocycles. The molecule has 0 radical (unpaired) electrons. The van der Waals surface area contributed by atoms with Crippen LogP contribution < -0.4 is 0 Å². The number of hydrogen-bond donors (Lipinski definition) is 0. The van der Waals surface area contributed by atoms with Gasteiger partial charge in [-0.25, -0.2) is 4.39 Å². The summed E-state index contributed by atoms with van der Waals surface area (Å²) in [6, 6.07) is 5.21. The number of ether oxygens (including phenoxy) is 1. The first kappa shape index (κ1) is 30.9. The van der Waals surface area contributed by atoms with Gasteiger partial charge < -0.3 is 4.74 Å². The number of hydrogen-bond acceptors (Lipinski definition) is 2. The topological polar surface area (TPSA) is 12.5 Å². The molecule has 1 aromatic carbocycles. The molecule has 6 heteroatoms. The van der Waals surface area contributed by atoms with E-state index in [1.54, 1.807) is 0 Å². The Labute approximate surface area is 210 Å². The Bertz CT molecular complexity index is 727. The molecule has 1 aromatic rings. The number of nitrogens with zero attached hydrogens (tertiary/aromatic N) is 1. The van der Waals surface area contributed by atoms with Crippen LogP contribution in [0.15, 0.2) is 24.3 Å². The lowest BCUT2D eigenvalue weighted by Crippen LogP contribution is -2.56. The molecule has 180 valence electrons. The van der Waals surface area contributed by atoms with E-state index >= 15 is 0 Å². The summed E-state index contributed by atoms with van der Waals surface area (Å²) in [5, 5.41) is 0. The Hall–Kier alpha value is -0.140. The maximum absolute atomic E-state index is 13.1.